The number of hydrogen-bond acceptors (Lipinski definition) is 8. The molecule has 1 aromatic rings. The number of alkyl carbamates (subject to hydrolysis) is 1. The summed E-state index contributed by atoms with van der Waals surface area (Å²) >= 11 is 0. The first kappa shape index (κ1) is 20.0. The van der Waals surface area contributed by atoms with Crippen LogP contribution in [0.2, 0.25) is 0 Å². The number of urea groups is 1. The molecule has 0 aliphatic carbocycles. The van der Waals surface area contributed by atoms with Crippen molar-refractivity contribution < 1.29 is 31.6 Å². The van der Waals surface area contributed by atoms with Crippen molar-refractivity contribution in [3.8, 4) is 0 Å². The van der Waals surface area contributed by atoms with E-state index in [1.807, 2.05) is 0 Å². The molecule has 0 saturated carbocycles. The van der Waals surface area contributed by atoms with E-state index < -0.39 is 34.2 Å². The Morgan fingerprint density at radius 3 is 2.79 bits per heavy atom. The van der Waals surface area contributed by atoms with Crippen LogP contribution in [0.5, 0.6) is 0 Å². The molecule has 3 amide bonds. The van der Waals surface area contributed by atoms with Crippen molar-refractivity contribution in [2.45, 2.75) is 39.0 Å². The van der Waals surface area contributed by atoms with E-state index in [1.165, 1.54) is 9.58 Å². The van der Waals surface area contributed by atoms with Crippen LogP contribution in [0.3, 0.4) is 0 Å². The minimum atomic E-state index is -4.82. The number of carbonyl (C=O) groups is 2. The largest absolute Gasteiger partial charge is 0.444 e. The molecular weight excluding hydrogens is 396 g/mol. The van der Waals surface area contributed by atoms with E-state index in [1.54, 1.807) is 33.0 Å². The van der Waals surface area contributed by atoms with Gasteiger partial charge in [-0.3, -0.25) is 4.55 Å². The van der Waals surface area contributed by atoms with E-state index in [9.17, 15) is 18.0 Å². The van der Waals surface area contributed by atoms with Crippen LogP contribution in [-0.4, -0.2) is 74.8 Å². The summed E-state index contributed by atoms with van der Waals surface area (Å²) in [6, 6.07) is -1.41. The number of ether oxygens (including phenoxy) is 1. The second kappa shape index (κ2) is 7.03. The molecule has 0 radical (unpaired) electrons. The monoisotopic (exact) mass is 416 g/mol. The van der Waals surface area contributed by atoms with E-state index in [4.69, 9.17) is 9.29 Å². The molecular formula is C14H20N6O7S. The zero-order chi connectivity index (χ0) is 20.7. The molecule has 2 N–H and O–H groups in total. The minimum absolute atomic E-state index is 0.0895. The van der Waals surface area contributed by atoms with E-state index >= 15 is 0 Å². The zero-order valence-corrected chi connectivity index (χ0v) is 16.2. The van der Waals surface area contributed by atoms with Crippen LogP contribution < -0.4 is 5.32 Å². The van der Waals surface area contributed by atoms with Gasteiger partial charge in [0.2, 0.25) is 0 Å². The Morgan fingerprint density at radius 1 is 1.43 bits per heavy atom. The Bertz CT molecular complexity index is 919. The van der Waals surface area contributed by atoms with Crippen molar-refractivity contribution in [3.63, 3.8) is 0 Å². The first-order valence-corrected chi connectivity index (χ1v) is 9.62. The highest BCUT2D eigenvalue weighted by atomic mass is 32.3. The molecule has 14 heteroatoms. The molecule has 0 spiro atoms. The molecule has 1 aromatic heterocycles. The molecule has 2 bridgehead atoms. The lowest BCUT2D eigenvalue weighted by molar-refractivity contribution is -0.0183. The molecule has 28 heavy (non-hydrogen) atoms. The number of hydrogen-bond donors (Lipinski definition) is 2. The molecule has 13 nitrogen and oxygen atoms in total. The highest BCUT2D eigenvalue weighted by Crippen LogP contribution is 2.27. The van der Waals surface area contributed by atoms with E-state index in [2.05, 4.69) is 19.9 Å². The highest BCUT2D eigenvalue weighted by Gasteiger charge is 2.43. The predicted octanol–water partition coefficient (Wildman–Crippen LogP) is -0.00210. The van der Waals surface area contributed by atoms with Gasteiger partial charge in [0.05, 0.1) is 25.0 Å². The standard InChI is InChI=1S/C14H20N6O7S/c1-14(2,3)26-12(21)15-5-9-6-19(17-16-9)10-4-11-8-18(7-10)13(22)20(11)27-28(23,24)25/h4,6,11H,5,7-8H2,1-3H3,(H,15,21)(H,23,24,25). The van der Waals surface area contributed by atoms with Crippen LogP contribution in [0, 0.1) is 0 Å². The first-order valence-electron chi connectivity index (χ1n) is 8.25. The molecule has 0 aromatic carbocycles. The second-order valence-corrected chi connectivity index (χ2v) is 8.23. The van der Waals surface area contributed by atoms with E-state index in [-0.39, 0.29) is 19.6 Å². The third-order valence-corrected chi connectivity index (χ3v) is 4.08. The third-order valence-electron chi connectivity index (χ3n) is 3.73. The number of nitrogens with one attached hydrogen (secondary N) is 1. The molecule has 1 atom stereocenters. The maximum Gasteiger partial charge on any atom is 0.418 e. The summed E-state index contributed by atoms with van der Waals surface area (Å²) in [6.45, 7) is 5.68. The SMILES string of the molecule is CC(C)(C)OC(=O)NCc1cn(C2=CC3CN(C2)C(=O)N3OS(=O)(=O)O)nn1. The van der Waals surface area contributed by atoms with E-state index in [0.29, 0.717) is 16.5 Å². The van der Waals surface area contributed by atoms with E-state index in [0.717, 1.165) is 0 Å². The molecule has 1 fully saturated rings. The van der Waals surface area contributed by atoms with Gasteiger partial charge in [-0.15, -0.1) is 9.38 Å². The minimum Gasteiger partial charge on any atom is -0.444 e. The Kier molecular flexibility index (Phi) is 5.03. The molecule has 3 rings (SSSR count). The van der Waals surface area contributed by atoms with Gasteiger partial charge in [-0.2, -0.15) is 13.5 Å². The van der Waals surface area contributed by atoms with Gasteiger partial charge in [-0.25, -0.2) is 14.3 Å². The Balaban J connectivity index is 1.66. The fraction of sp³-hybridized carbons (Fsp3) is 0.571. The van der Waals surface area contributed by atoms with Crippen molar-refractivity contribution in [3.05, 3.63) is 18.0 Å². The third kappa shape index (κ3) is 4.76. The van der Waals surface area contributed by atoms with Gasteiger partial charge in [0, 0.05) is 6.54 Å². The highest BCUT2D eigenvalue weighted by molar-refractivity contribution is 7.80. The van der Waals surface area contributed by atoms with Gasteiger partial charge >= 0.3 is 22.5 Å². The Labute approximate surface area is 160 Å². The predicted molar refractivity (Wildman–Crippen MR) is 92.6 cm³/mol. The molecule has 1 saturated heterocycles. The second-order valence-electron chi connectivity index (χ2n) is 7.23. The van der Waals surface area contributed by atoms with Crippen LogP contribution >= 0.6 is 0 Å². The first-order chi connectivity index (χ1) is 12.9. The van der Waals surface area contributed by atoms with Gasteiger partial charge in [-0.1, -0.05) is 5.21 Å². The Morgan fingerprint density at radius 2 is 2.14 bits per heavy atom. The molecule has 2 aliphatic heterocycles. The molecule has 2 aliphatic rings. The zero-order valence-electron chi connectivity index (χ0n) is 15.4. The van der Waals surface area contributed by atoms with Crippen molar-refractivity contribution in [1.82, 2.24) is 30.3 Å². The number of rotatable bonds is 5. The summed E-state index contributed by atoms with van der Waals surface area (Å²) in [5, 5.41) is 11.0. The van der Waals surface area contributed by atoms with Gasteiger partial charge in [0.25, 0.3) is 0 Å². The number of aromatic nitrogens is 3. The topological polar surface area (TPSA) is 156 Å². The van der Waals surface area contributed by atoms with Crippen molar-refractivity contribution in [1.29, 1.82) is 0 Å². The number of hydroxylamine groups is 2. The quantitative estimate of drug-likeness (QED) is 0.630. The van der Waals surface area contributed by atoms with Gasteiger partial charge in [0.1, 0.15) is 17.3 Å². The van der Waals surface area contributed by atoms with Gasteiger partial charge < -0.3 is 15.0 Å². The summed E-state index contributed by atoms with van der Waals surface area (Å²) in [4.78, 5) is 25.2. The smallest absolute Gasteiger partial charge is 0.418 e. The molecule has 1 unspecified atom stereocenters. The Hall–Kier alpha value is -2.71. The average molecular weight is 416 g/mol. The van der Waals surface area contributed by atoms with Gasteiger partial charge in [-0.05, 0) is 26.8 Å². The fourth-order valence-electron chi connectivity index (χ4n) is 2.72. The lowest BCUT2D eigenvalue weighted by Gasteiger charge is -2.20. The molecule has 3 heterocycles. The summed E-state index contributed by atoms with van der Waals surface area (Å²) in [5.41, 5.74) is 0.393. The van der Waals surface area contributed by atoms with Crippen molar-refractivity contribution in [2.75, 3.05) is 13.1 Å². The van der Waals surface area contributed by atoms with Gasteiger partial charge in [0.15, 0.2) is 0 Å². The fourth-order valence-corrected chi connectivity index (χ4v) is 3.09. The normalized spacial score (nSPS) is 19.6. The van der Waals surface area contributed by atoms with Crippen LogP contribution in [0.4, 0.5) is 9.59 Å². The van der Waals surface area contributed by atoms with Crippen molar-refractivity contribution >= 4 is 28.2 Å². The number of carbonyl (C=O) groups excluding carboxylic acids is 2. The number of fused-ring (bicyclic) bond motifs is 2. The van der Waals surface area contributed by atoms with Crippen LogP contribution in [0.1, 0.15) is 26.5 Å². The summed E-state index contributed by atoms with van der Waals surface area (Å²) < 4.78 is 41.5. The summed E-state index contributed by atoms with van der Waals surface area (Å²) in [7, 11) is -4.82. The average Bonchev–Trinajstić information content (AvgIpc) is 3.10. The van der Waals surface area contributed by atoms with Crippen LogP contribution in [0.15, 0.2) is 12.3 Å². The number of amides is 3. The summed E-state index contributed by atoms with van der Waals surface area (Å²) in [5.74, 6) is 0. The lowest BCUT2D eigenvalue weighted by Crippen LogP contribution is -2.35. The van der Waals surface area contributed by atoms with Crippen molar-refractivity contribution in [2.24, 2.45) is 0 Å². The molecule has 154 valence electrons. The maximum atomic E-state index is 12.1. The maximum absolute atomic E-state index is 12.1. The number of nitrogens with zero attached hydrogens (tertiary/aromatic N) is 5. The van der Waals surface area contributed by atoms with Crippen LogP contribution in [0.25, 0.3) is 5.70 Å². The van der Waals surface area contributed by atoms with Crippen LogP contribution in [-0.2, 0) is 26.0 Å². The lowest BCUT2D eigenvalue weighted by atomic mass is 10.2. The summed E-state index contributed by atoms with van der Waals surface area (Å²) in [6.07, 6.45) is 2.56.